The number of hydrogen-bond donors (Lipinski definition) is 2. The SMILES string of the molecule is COC(=O)C(CN1CCNC(=O)C1C)NC(C)=O. The molecule has 2 N–H and O–H groups in total. The summed E-state index contributed by atoms with van der Waals surface area (Å²) in [4.78, 5) is 35.9. The summed E-state index contributed by atoms with van der Waals surface area (Å²) in [5.41, 5.74) is 0. The minimum absolute atomic E-state index is 0.0762. The van der Waals surface area contributed by atoms with E-state index < -0.39 is 12.0 Å². The van der Waals surface area contributed by atoms with Crippen LogP contribution < -0.4 is 10.6 Å². The number of nitrogens with one attached hydrogen (secondary N) is 2. The van der Waals surface area contributed by atoms with Crippen LogP contribution in [0.15, 0.2) is 0 Å². The van der Waals surface area contributed by atoms with Crippen LogP contribution in [0, 0.1) is 0 Å². The molecule has 1 fully saturated rings. The van der Waals surface area contributed by atoms with Gasteiger partial charge in [0, 0.05) is 26.6 Å². The summed E-state index contributed by atoms with van der Waals surface area (Å²) < 4.78 is 4.64. The summed E-state index contributed by atoms with van der Waals surface area (Å²) >= 11 is 0. The topological polar surface area (TPSA) is 87.7 Å². The number of piperazine rings is 1. The fourth-order valence-electron chi connectivity index (χ4n) is 1.88. The molecule has 1 aliphatic heterocycles. The molecule has 7 nitrogen and oxygen atoms in total. The van der Waals surface area contributed by atoms with Gasteiger partial charge in [0.05, 0.1) is 13.2 Å². The maximum Gasteiger partial charge on any atom is 0.329 e. The fraction of sp³-hybridized carbons (Fsp3) is 0.727. The average Bonchev–Trinajstić information content (AvgIpc) is 2.32. The van der Waals surface area contributed by atoms with Gasteiger partial charge in [-0.1, -0.05) is 0 Å². The van der Waals surface area contributed by atoms with Crippen molar-refractivity contribution < 1.29 is 19.1 Å². The minimum atomic E-state index is -0.749. The Hall–Kier alpha value is -1.63. The smallest absolute Gasteiger partial charge is 0.329 e. The van der Waals surface area contributed by atoms with Crippen molar-refractivity contribution in [1.29, 1.82) is 0 Å². The van der Waals surface area contributed by atoms with Gasteiger partial charge in [0.15, 0.2) is 0 Å². The van der Waals surface area contributed by atoms with Crippen LogP contribution in [0.2, 0.25) is 0 Å². The number of rotatable bonds is 4. The normalized spacial score (nSPS) is 21.9. The molecule has 0 aromatic rings. The molecule has 0 aromatic carbocycles. The largest absolute Gasteiger partial charge is 0.467 e. The first-order valence-electron chi connectivity index (χ1n) is 5.82. The van der Waals surface area contributed by atoms with Gasteiger partial charge in [0.2, 0.25) is 11.8 Å². The van der Waals surface area contributed by atoms with Crippen LogP contribution in [0.4, 0.5) is 0 Å². The molecule has 18 heavy (non-hydrogen) atoms. The lowest BCUT2D eigenvalue weighted by Crippen LogP contribution is -2.58. The zero-order chi connectivity index (χ0) is 13.7. The number of carbonyl (C=O) groups is 3. The van der Waals surface area contributed by atoms with Crippen molar-refractivity contribution >= 4 is 17.8 Å². The number of carbonyl (C=O) groups excluding carboxylic acids is 3. The zero-order valence-electron chi connectivity index (χ0n) is 10.9. The summed E-state index contributed by atoms with van der Waals surface area (Å²) in [5, 5.41) is 5.26. The predicted octanol–water partition coefficient (Wildman–Crippen LogP) is -1.52. The highest BCUT2D eigenvalue weighted by Gasteiger charge is 2.30. The molecule has 7 heteroatoms. The maximum atomic E-state index is 11.5. The molecule has 1 saturated heterocycles. The van der Waals surface area contributed by atoms with Gasteiger partial charge in [-0.25, -0.2) is 4.79 Å². The lowest BCUT2D eigenvalue weighted by atomic mass is 10.1. The first-order valence-corrected chi connectivity index (χ1v) is 5.82. The summed E-state index contributed by atoms with van der Waals surface area (Å²) in [6, 6.07) is -1.07. The second-order valence-corrected chi connectivity index (χ2v) is 4.24. The van der Waals surface area contributed by atoms with E-state index in [2.05, 4.69) is 15.4 Å². The van der Waals surface area contributed by atoms with Crippen molar-refractivity contribution in [2.24, 2.45) is 0 Å². The van der Waals surface area contributed by atoms with Crippen LogP contribution in [0.3, 0.4) is 0 Å². The monoisotopic (exact) mass is 257 g/mol. The minimum Gasteiger partial charge on any atom is -0.467 e. The Morgan fingerprint density at radius 3 is 2.83 bits per heavy atom. The molecule has 0 radical (unpaired) electrons. The molecular weight excluding hydrogens is 238 g/mol. The van der Waals surface area contributed by atoms with Crippen molar-refractivity contribution in [3.05, 3.63) is 0 Å². The Morgan fingerprint density at radius 1 is 1.61 bits per heavy atom. The van der Waals surface area contributed by atoms with Crippen LogP contribution in [-0.2, 0) is 19.1 Å². The fourth-order valence-corrected chi connectivity index (χ4v) is 1.88. The van der Waals surface area contributed by atoms with Gasteiger partial charge in [0.25, 0.3) is 0 Å². The van der Waals surface area contributed by atoms with Crippen LogP contribution in [0.25, 0.3) is 0 Å². The quantitative estimate of drug-likeness (QED) is 0.597. The van der Waals surface area contributed by atoms with Crippen LogP contribution in [0.1, 0.15) is 13.8 Å². The summed E-state index contributed by atoms with van der Waals surface area (Å²) in [7, 11) is 1.27. The van der Waals surface area contributed by atoms with E-state index in [-0.39, 0.29) is 24.4 Å². The van der Waals surface area contributed by atoms with E-state index in [9.17, 15) is 14.4 Å². The van der Waals surface area contributed by atoms with E-state index in [1.807, 2.05) is 4.90 Å². The average molecular weight is 257 g/mol. The van der Waals surface area contributed by atoms with Gasteiger partial charge < -0.3 is 15.4 Å². The highest BCUT2D eigenvalue weighted by atomic mass is 16.5. The van der Waals surface area contributed by atoms with Crippen LogP contribution in [-0.4, -0.2) is 61.5 Å². The lowest BCUT2D eigenvalue weighted by Gasteiger charge is -2.34. The molecule has 1 aliphatic rings. The first kappa shape index (κ1) is 14.4. The summed E-state index contributed by atoms with van der Waals surface area (Å²) in [6.07, 6.45) is 0. The summed E-state index contributed by atoms with van der Waals surface area (Å²) in [6.45, 7) is 4.54. The van der Waals surface area contributed by atoms with E-state index in [0.29, 0.717) is 13.1 Å². The Balaban J connectivity index is 2.67. The lowest BCUT2D eigenvalue weighted by molar-refractivity contribution is -0.146. The summed E-state index contributed by atoms with van der Waals surface area (Å²) in [5.74, 6) is -0.893. The van der Waals surface area contributed by atoms with Crippen molar-refractivity contribution in [2.75, 3.05) is 26.7 Å². The Bertz CT molecular complexity index is 345. The molecule has 0 aliphatic carbocycles. The molecule has 1 heterocycles. The second-order valence-electron chi connectivity index (χ2n) is 4.24. The van der Waals surface area contributed by atoms with Gasteiger partial charge in [-0.2, -0.15) is 0 Å². The molecule has 2 amide bonds. The zero-order valence-corrected chi connectivity index (χ0v) is 10.9. The molecule has 0 aromatic heterocycles. The van der Waals surface area contributed by atoms with E-state index in [1.54, 1.807) is 6.92 Å². The van der Waals surface area contributed by atoms with Crippen molar-refractivity contribution in [2.45, 2.75) is 25.9 Å². The first-order chi connectivity index (χ1) is 8.45. The molecular formula is C11H19N3O4. The number of amides is 2. The van der Waals surface area contributed by atoms with Gasteiger partial charge in [-0.15, -0.1) is 0 Å². The highest BCUT2D eigenvalue weighted by Crippen LogP contribution is 2.05. The molecule has 2 atom stereocenters. The van der Waals surface area contributed by atoms with E-state index in [1.165, 1.54) is 14.0 Å². The third kappa shape index (κ3) is 3.69. The molecule has 1 rings (SSSR count). The Morgan fingerprint density at radius 2 is 2.28 bits per heavy atom. The van der Waals surface area contributed by atoms with Crippen molar-refractivity contribution in [3.63, 3.8) is 0 Å². The number of nitrogens with zero attached hydrogens (tertiary/aromatic N) is 1. The van der Waals surface area contributed by atoms with E-state index in [4.69, 9.17) is 0 Å². The third-order valence-electron chi connectivity index (χ3n) is 2.91. The molecule has 0 saturated carbocycles. The number of ether oxygens (including phenoxy) is 1. The van der Waals surface area contributed by atoms with E-state index in [0.717, 1.165) is 0 Å². The van der Waals surface area contributed by atoms with Gasteiger partial charge in [-0.05, 0) is 6.92 Å². The maximum absolute atomic E-state index is 11.5. The Labute approximate surface area is 106 Å². The van der Waals surface area contributed by atoms with Crippen molar-refractivity contribution in [1.82, 2.24) is 15.5 Å². The predicted molar refractivity (Wildman–Crippen MR) is 63.7 cm³/mol. The van der Waals surface area contributed by atoms with E-state index >= 15 is 0 Å². The molecule has 2 unspecified atom stereocenters. The van der Waals surface area contributed by atoms with Gasteiger partial charge in [0.1, 0.15) is 6.04 Å². The number of hydrogen-bond acceptors (Lipinski definition) is 5. The third-order valence-corrected chi connectivity index (χ3v) is 2.91. The van der Waals surface area contributed by atoms with Gasteiger partial charge >= 0.3 is 5.97 Å². The van der Waals surface area contributed by atoms with Crippen molar-refractivity contribution in [3.8, 4) is 0 Å². The second kappa shape index (κ2) is 6.34. The number of methoxy groups -OCH3 is 1. The van der Waals surface area contributed by atoms with Gasteiger partial charge in [-0.3, -0.25) is 14.5 Å². The van der Waals surface area contributed by atoms with Crippen LogP contribution >= 0.6 is 0 Å². The Kier molecular flexibility index (Phi) is 5.08. The molecule has 102 valence electrons. The molecule has 0 spiro atoms. The highest BCUT2D eigenvalue weighted by molar-refractivity contribution is 5.84. The standard InChI is InChI=1S/C11H19N3O4/c1-7-10(16)12-4-5-14(7)6-9(11(17)18-3)13-8(2)15/h7,9H,4-6H2,1-3H3,(H,12,16)(H,13,15). The molecule has 0 bridgehead atoms. The number of esters is 1. The van der Waals surface area contributed by atoms with Crippen LogP contribution in [0.5, 0.6) is 0 Å².